The Labute approximate surface area is 366 Å². The molecule has 2 unspecified atom stereocenters. The number of hydrogen-bond donors (Lipinski definition) is 0. The van der Waals surface area contributed by atoms with Crippen molar-refractivity contribution in [2.24, 2.45) is 11.8 Å². The molecule has 0 aliphatic rings. The summed E-state index contributed by atoms with van der Waals surface area (Å²) < 4.78 is 19.7. The first-order valence-electron chi connectivity index (χ1n) is 22.4. The van der Waals surface area contributed by atoms with Gasteiger partial charge in [-0.15, -0.1) is 0 Å². The van der Waals surface area contributed by atoms with E-state index in [-0.39, 0.29) is 0 Å². The quantitative estimate of drug-likeness (QED) is 0.0406. The summed E-state index contributed by atoms with van der Waals surface area (Å²) >= 11 is 3.17. The molecule has 4 aromatic heterocycles. The van der Waals surface area contributed by atoms with E-state index in [1.54, 1.807) is 5.79 Å². The van der Waals surface area contributed by atoms with Crippen LogP contribution in [-0.2, 0) is 0 Å². The number of fused-ring (bicyclic) bond motifs is 2. The fraction of sp³-hybridized carbons (Fsp3) is 0.625. The normalized spacial score (nSPS) is 13.6. The zero-order chi connectivity index (χ0) is 40.3. The Bertz CT molecular complexity index is 1730. The first-order valence-corrected chi connectivity index (χ1v) is 45.6. The molecule has 2 nitrogen and oxygen atoms in total. The van der Waals surface area contributed by atoms with Crippen LogP contribution in [0, 0.1) is 11.8 Å². The van der Waals surface area contributed by atoms with Crippen molar-refractivity contribution < 1.29 is 9.47 Å². The molecule has 2 atom stereocenters. The van der Waals surface area contributed by atoms with E-state index in [0.29, 0.717) is 11.8 Å². The second kappa shape index (κ2) is 22.5. The molecule has 4 heterocycles. The van der Waals surface area contributed by atoms with Gasteiger partial charge in [-0.3, -0.25) is 0 Å². The predicted octanol–water partition coefficient (Wildman–Crippen LogP) is 17.0. The molecular formula is C48H74O2S4Sn2. The van der Waals surface area contributed by atoms with Crippen LogP contribution in [0.15, 0.2) is 36.4 Å². The Morgan fingerprint density at radius 2 is 0.839 bits per heavy atom. The van der Waals surface area contributed by atoms with Crippen molar-refractivity contribution in [3.8, 4) is 31.0 Å². The number of benzene rings is 1. The van der Waals surface area contributed by atoms with Gasteiger partial charge >= 0.3 is 291 Å². The van der Waals surface area contributed by atoms with Crippen LogP contribution in [0.2, 0.25) is 29.6 Å². The van der Waals surface area contributed by atoms with E-state index in [9.17, 15) is 0 Å². The molecule has 0 amide bonds. The average Bonchev–Trinajstić information content (AvgIpc) is 3.99. The van der Waals surface area contributed by atoms with Crippen molar-refractivity contribution >= 4 is 108 Å². The molecule has 5 rings (SSSR count). The van der Waals surface area contributed by atoms with Gasteiger partial charge < -0.3 is 0 Å². The monoisotopic (exact) mass is 1050 g/mol. The van der Waals surface area contributed by atoms with Gasteiger partial charge in [-0.1, -0.05) is 79.1 Å². The molecule has 0 spiro atoms. The molecule has 0 aliphatic heterocycles. The molecule has 0 N–H and O–H groups in total. The van der Waals surface area contributed by atoms with Gasteiger partial charge in [-0.25, -0.2) is 0 Å². The molecular weight excluding hydrogens is 974 g/mol. The molecule has 0 saturated carbocycles. The van der Waals surface area contributed by atoms with Crippen molar-refractivity contribution in [3.05, 3.63) is 36.4 Å². The van der Waals surface area contributed by atoms with Gasteiger partial charge in [0.2, 0.25) is 0 Å². The van der Waals surface area contributed by atoms with Crippen molar-refractivity contribution in [3.63, 3.8) is 0 Å². The van der Waals surface area contributed by atoms with Crippen molar-refractivity contribution in [1.82, 2.24) is 0 Å². The van der Waals surface area contributed by atoms with Crippen LogP contribution in [0.4, 0.5) is 0 Å². The molecule has 5 aromatic rings. The number of rotatable bonds is 26. The molecule has 8 heteroatoms. The number of unbranched alkanes of at least 4 members (excludes halogenated alkanes) is 8. The topological polar surface area (TPSA) is 18.5 Å². The summed E-state index contributed by atoms with van der Waals surface area (Å²) in [6, 6.07) is 14.6. The summed E-state index contributed by atoms with van der Waals surface area (Å²) in [5, 5.41) is 5.09. The van der Waals surface area contributed by atoms with E-state index in [4.69, 9.17) is 9.47 Å². The first-order chi connectivity index (χ1) is 26.9. The number of hydrogen-bond acceptors (Lipinski definition) is 6. The van der Waals surface area contributed by atoms with E-state index in [0.717, 1.165) is 23.3 Å². The van der Waals surface area contributed by atoms with Crippen LogP contribution in [0.1, 0.15) is 130 Å². The standard InChI is InChI=1S/C42H56O2S4.6CH3.2Sn/c1-5-9-13-15-19-31(17-11-7-3)29-43-37-23-21-35(47-37)39-33-25-27-46-42(33)40(34-26-28-45-41(34)39)36-22-24-38(48-36)44-30-32(18-12-8-4)20-16-14-10-6-2;;;;;;;;/h21-26,31-32H,5-20,29-30H2,1-4H3;6*1H3;;. The third-order valence-electron chi connectivity index (χ3n) is 11.4. The molecule has 1 aromatic carbocycles. The minimum absolute atomic E-state index is 0.653. The second-order valence-corrected chi connectivity index (χ2v) is 53.6. The van der Waals surface area contributed by atoms with E-state index < -0.39 is 36.8 Å². The van der Waals surface area contributed by atoms with Crippen molar-refractivity contribution in [2.75, 3.05) is 13.2 Å². The maximum atomic E-state index is 6.69. The maximum absolute atomic E-state index is 6.69. The second-order valence-electron chi connectivity index (χ2n) is 18.5. The fourth-order valence-electron chi connectivity index (χ4n) is 7.79. The first kappa shape index (κ1) is 46.8. The van der Waals surface area contributed by atoms with Crippen LogP contribution in [0.5, 0.6) is 10.1 Å². The molecule has 0 fully saturated rings. The summed E-state index contributed by atoms with van der Waals surface area (Å²) in [6.45, 7) is 10.9. The van der Waals surface area contributed by atoms with Gasteiger partial charge in [-0.2, -0.15) is 0 Å². The zero-order valence-electron chi connectivity index (χ0n) is 36.8. The SMILES string of the molecule is CCCCCCC(CCCC)COc1ccc(-c2c3c[c]([Sn]([CH3])([CH3])[CH3])sc3c(-c3ccc(OCC(CCCC)CCCCCC)s3)c3c[c]([Sn]([CH3])([CH3])[CH3])sc23)s1. The molecule has 0 saturated heterocycles. The van der Waals surface area contributed by atoms with Gasteiger partial charge in [0, 0.05) is 0 Å². The molecule has 0 aliphatic carbocycles. The Hall–Kier alpha value is -0.263. The van der Waals surface area contributed by atoms with Gasteiger partial charge in [0.05, 0.1) is 0 Å². The fourth-order valence-corrected chi connectivity index (χ4v) is 22.7. The van der Waals surface area contributed by atoms with Crippen molar-refractivity contribution in [2.45, 2.75) is 160 Å². The summed E-state index contributed by atoms with van der Waals surface area (Å²) in [5.41, 5.74) is 2.92. The van der Waals surface area contributed by atoms with Gasteiger partial charge in [-0.05, 0) is 0 Å². The molecule has 0 radical (unpaired) electrons. The van der Waals surface area contributed by atoms with Crippen LogP contribution in [0.3, 0.4) is 0 Å². The summed E-state index contributed by atoms with van der Waals surface area (Å²) in [7, 11) is 0. The van der Waals surface area contributed by atoms with Gasteiger partial charge in [0.1, 0.15) is 0 Å². The van der Waals surface area contributed by atoms with Crippen LogP contribution >= 0.6 is 45.3 Å². The summed E-state index contributed by atoms with van der Waals surface area (Å²) in [6.07, 6.45) is 20.9. The minimum atomic E-state index is -2.40. The van der Waals surface area contributed by atoms with Crippen molar-refractivity contribution in [1.29, 1.82) is 0 Å². The van der Waals surface area contributed by atoms with E-state index in [1.165, 1.54) is 144 Å². The average molecular weight is 1050 g/mol. The Morgan fingerprint density at radius 3 is 1.20 bits per heavy atom. The van der Waals surface area contributed by atoms with E-state index in [2.05, 4.69) is 116 Å². The summed E-state index contributed by atoms with van der Waals surface area (Å²) in [5.74, 6) is 1.31. The molecule has 310 valence electrons. The van der Waals surface area contributed by atoms with Gasteiger partial charge in [0.15, 0.2) is 0 Å². The Balaban J connectivity index is 1.53. The number of thiophene rings is 4. The van der Waals surface area contributed by atoms with E-state index in [1.807, 2.05) is 22.7 Å². The van der Waals surface area contributed by atoms with Crippen LogP contribution < -0.4 is 15.3 Å². The molecule has 56 heavy (non-hydrogen) atoms. The van der Waals surface area contributed by atoms with Crippen LogP contribution in [-0.4, -0.2) is 50.0 Å². The van der Waals surface area contributed by atoms with Crippen LogP contribution in [0.25, 0.3) is 41.1 Å². The predicted molar refractivity (Wildman–Crippen MR) is 264 cm³/mol. The Kier molecular flexibility index (Phi) is 18.8. The zero-order valence-corrected chi connectivity index (χ0v) is 45.8. The third-order valence-corrected chi connectivity index (χ3v) is 34.6. The Morgan fingerprint density at radius 1 is 0.464 bits per heavy atom. The molecule has 0 bridgehead atoms. The third kappa shape index (κ3) is 12.9. The van der Waals surface area contributed by atoms with Gasteiger partial charge in [0.25, 0.3) is 0 Å². The number of ether oxygens (including phenoxy) is 2. The van der Waals surface area contributed by atoms with E-state index >= 15 is 0 Å². The summed E-state index contributed by atoms with van der Waals surface area (Å²) in [4.78, 5) is 18.2.